The summed E-state index contributed by atoms with van der Waals surface area (Å²) in [6, 6.07) is 4.41. The molecule has 1 aromatic carbocycles. The predicted octanol–water partition coefficient (Wildman–Crippen LogP) is 7.03. The number of ether oxygens (including phenoxy) is 1. The first-order valence-electron chi connectivity index (χ1n) is 10.7. The number of hydrogen-bond acceptors (Lipinski definition) is 6. The lowest BCUT2D eigenvalue weighted by Crippen LogP contribution is -2.46. The van der Waals surface area contributed by atoms with Crippen molar-refractivity contribution < 1.29 is 18.3 Å². The number of hydrogen-bond donors (Lipinski definition) is 1. The molecule has 0 saturated carbocycles. The molecule has 2 aliphatic heterocycles. The van der Waals surface area contributed by atoms with Gasteiger partial charge in [-0.3, -0.25) is 4.57 Å². The van der Waals surface area contributed by atoms with Crippen molar-refractivity contribution in [1.29, 1.82) is 0 Å². The highest BCUT2D eigenvalue weighted by atomic mass is 32.2. The first-order valence-corrected chi connectivity index (χ1v) is 13.2. The third-order valence-corrected chi connectivity index (χ3v) is 9.55. The Labute approximate surface area is 185 Å². The summed E-state index contributed by atoms with van der Waals surface area (Å²) in [7, 11) is -3.44. The monoisotopic (exact) mass is 453 g/mol. The number of nitrogens with one attached hydrogen (secondary N) is 1. The van der Waals surface area contributed by atoms with Crippen LogP contribution >= 0.6 is 19.4 Å². The first-order chi connectivity index (χ1) is 13.8. The maximum atomic E-state index is 13.8. The Balaban J connectivity index is 2.13. The third-order valence-electron chi connectivity index (χ3n) is 5.47. The van der Waals surface area contributed by atoms with Gasteiger partial charge in [-0.25, -0.2) is 0 Å². The topological polar surface area (TPSA) is 56.8 Å². The fourth-order valence-corrected chi connectivity index (χ4v) is 7.96. The lowest BCUT2D eigenvalue weighted by Gasteiger charge is -2.35. The zero-order valence-electron chi connectivity index (χ0n) is 19.7. The van der Waals surface area contributed by atoms with Gasteiger partial charge in [-0.15, -0.1) is 0 Å². The van der Waals surface area contributed by atoms with E-state index in [9.17, 15) is 4.57 Å². The molecule has 0 aliphatic carbocycles. The zero-order chi connectivity index (χ0) is 22.5. The van der Waals surface area contributed by atoms with Crippen molar-refractivity contribution in [2.45, 2.75) is 83.9 Å². The van der Waals surface area contributed by atoms with Gasteiger partial charge in [0.15, 0.2) is 11.4 Å². The summed E-state index contributed by atoms with van der Waals surface area (Å²) >= 11 is 1.51. The maximum absolute atomic E-state index is 13.8. The van der Waals surface area contributed by atoms with Crippen molar-refractivity contribution in [3.8, 4) is 5.75 Å². The second-order valence-electron chi connectivity index (χ2n) is 10.1. The van der Waals surface area contributed by atoms with Gasteiger partial charge in [0.2, 0.25) is 0 Å². The summed E-state index contributed by atoms with van der Waals surface area (Å²) in [6.07, 6.45) is 0. The van der Waals surface area contributed by atoms with Gasteiger partial charge in [0.1, 0.15) is 0 Å². The molecule has 0 saturated heterocycles. The minimum absolute atomic E-state index is 0.00517. The quantitative estimate of drug-likeness (QED) is 0.483. The minimum atomic E-state index is -3.44. The highest BCUT2D eigenvalue weighted by molar-refractivity contribution is 8.04. The highest BCUT2D eigenvalue weighted by Crippen LogP contribution is 2.67. The number of rotatable bonds is 5. The van der Waals surface area contributed by atoms with Crippen molar-refractivity contribution >= 4 is 25.0 Å². The second kappa shape index (κ2) is 7.88. The molecule has 1 spiro atoms. The van der Waals surface area contributed by atoms with Gasteiger partial charge in [-0.05, 0) is 54.2 Å². The largest absolute Gasteiger partial charge is 0.455 e. The van der Waals surface area contributed by atoms with Gasteiger partial charge in [0, 0.05) is 5.56 Å². The van der Waals surface area contributed by atoms with E-state index in [1.165, 1.54) is 17.3 Å². The van der Waals surface area contributed by atoms with E-state index in [4.69, 9.17) is 13.8 Å². The number of anilines is 1. The number of thioether (sulfide) groups is 1. The van der Waals surface area contributed by atoms with E-state index in [0.717, 1.165) is 22.6 Å². The van der Waals surface area contributed by atoms with E-state index in [1.807, 2.05) is 26.2 Å². The Hall–Kier alpha value is -0.940. The average molecular weight is 454 g/mol. The Morgan fingerprint density at radius 1 is 1.10 bits per heavy atom. The van der Waals surface area contributed by atoms with Crippen LogP contribution in [0.3, 0.4) is 0 Å². The van der Waals surface area contributed by atoms with Crippen LogP contribution in [-0.2, 0) is 24.4 Å². The molecule has 2 aliphatic rings. The minimum Gasteiger partial charge on any atom is -0.455 e. The van der Waals surface area contributed by atoms with Crippen LogP contribution in [0.2, 0.25) is 0 Å². The normalized spacial score (nSPS) is 23.9. The fraction of sp³-hybridized carbons (Fsp3) is 0.652. The molecule has 2 atom stereocenters. The lowest BCUT2D eigenvalue weighted by atomic mass is 9.80. The molecular weight excluding hydrogens is 417 g/mol. The van der Waals surface area contributed by atoms with Crippen LogP contribution in [0.4, 0.5) is 5.69 Å². The van der Waals surface area contributed by atoms with Gasteiger partial charge in [-0.1, -0.05) is 59.4 Å². The van der Waals surface area contributed by atoms with Crippen LogP contribution in [0.15, 0.2) is 23.1 Å². The van der Waals surface area contributed by atoms with E-state index in [1.54, 1.807) is 0 Å². The molecule has 1 N–H and O–H groups in total. The lowest BCUT2D eigenvalue weighted by molar-refractivity contribution is 0.172. The molecule has 3 rings (SSSR count). The molecule has 0 aromatic heterocycles. The van der Waals surface area contributed by atoms with Crippen LogP contribution in [0, 0.1) is 0 Å². The summed E-state index contributed by atoms with van der Waals surface area (Å²) in [5.74, 6) is 0.829. The molecule has 0 bridgehead atoms. The van der Waals surface area contributed by atoms with E-state index >= 15 is 0 Å². The molecule has 0 fully saturated rings. The summed E-state index contributed by atoms with van der Waals surface area (Å²) < 4.78 is 32.0. The van der Waals surface area contributed by atoms with Gasteiger partial charge < -0.3 is 19.1 Å². The van der Waals surface area contributed by atoms with Crippen molar-refractivity contribution in [2.75, 3.05) is 18.5 Å². The Morgan fingerprint density at radius 2 is 1.70 bits per heavy atom. The Bertz CT molecular complexity index is 890. The average Bonchev–Trinajstić information content (AvgIpc) is 3.12. The van der Waals surface area contributed by atoms with E-state index in [2.05, 4.69) is 59.0 Å². The molecule has 1 aromatic rings. The van der Waals surface area contributed by atoms with E-state index < -0.39 is 18.3 Å². The van der Waals surface area contributed by atoms with Crippen molar-refractivity contribution in [1.82, 2.24) is 0 Å². The highest BCUT2D eigenvalue weighted by Gasteiger charge is 2.60. The molecule has 2 unspecified atom stereocenters. The molecule has 5 nitrogen and oxygen atoms in total. The zero-order valence-corrected chi connectivity index (χ0v) is 21.4. The van der Waals surface area contributed by atoms with Crippen LogP contribution in [-0.4, -0.2) is 23.9 Å². The molecule has 2 heterocycles. The van der Waals surface area contributed by atoms with Gasteiger partial charge in [-0.2, -0.15) is 0 Å². The predicted molar refractivity (Wildman–Crippen MR) is 127 cm³/mol. The van der Waals surface area contributed by atoms with Crippen LogP contribution < -0.4 is 10.1 Å². The van der Waals surface area contributed by atoms with Crippen LogP contribution in [0.5, 0.6) is 5.75 Å². The SMILES string of the molecule is CCOP(=O)(OCC)C1C(C)=CSC12Nc1cc(C(C)(C)C)cc(C(C)(C)C)c1O2. The van der Waals surface area contributed by atoms with E-state index in [0.29, 0.717) is 13.2 Å². The van der Waals surface area contributed by atoms with Gasteiger partial charge in [0.25, 0.3) is 5.06 Å². The Morgan fingerprint density at radius 3 is 2.20 bits per heavy atom. The third kappa shape index (κ3) is 4.09. The van der Waals surface area contributed by atoms with Gasteiger partial charge >= 0.3 is 7.60 Å². The molecule has 0 radical (unpaired) electrons. The molecular formula is C23H36NO4PS. The van der Waals surface area contributed by atoms with Crippen LogP contribution in [0.25, 0.3) is 0 Å². The number of benzene rings is 1. The van der Waals surface area contributed by atoms with Crippen molar-refractivity contribution in [3.05, 3.63) is 34.2 Å². The summed E-state index contributed by atoms with van der Waals surface area (Å²) in [5, 5.41) is 4.66. The maximum Gasteiger partial charge on any atom is 0.344 e. The number of fused-ring (bicyclic) bond motifs is 1. The molecule has 7 heteroatoms. The fourth-order valence-electron chi connectivity index (χ4n) is 3.98. The molecule has 0 amide bonds. The standard InChI is InChI=1S/C23H36NO4PS/c1-10-26-29(25,27-11-2)20-15(3)14-30-23(20)24-18-13-16(21(4,5)6)12-17(19(18)28-23)22(7,8)9/h12-14,20,24H,10-11H2,1-9H3. The molecule has 30 heavy (non-hydrogen) atoms. The smallest absolute Gasteiger partial charge is 0.344 e. The first kappa shape index (κ1) is 23.7. The summed E-state index contributed by atoms with van der Waals surface area (Å²) in [5.41, 5.74) is 3.61. The van der Waals surface area contributed by atoms with Crippen LogP contribution in [0.1, 0.15) is 73.4 Å². The summed E-state index contributed by atoms with van der Waals surface area (Å²) in [4.78, 5) is 0. The van der Waals surface area contributed by atoms with Gasteiger partial charge in [0.05, 0.1) is 18.9 Å². The second-order valence-corrected chi connectivity index (χ2v) is 13.2. The van der Waals surface area contributed by atoms with E-state index in [-0.39, 0.29) is 10.8 Å². The summed E-state index contributed by atoms with van der Waals surface area (Å²) in [6.45, 7) is 19.5. The van der Waals surface area contributed by atoms with Crippen molar-refractivity contribution in [3.63, 3.8) is 0 Å². The molecule has 168 valence electrons. The van der Waals surface area contributed by atoms with Crippen molar-refractivity contribution in [2.24, 2.45) is 0 Å². The Kier molecular flexibility index (Phi) is 6.23.